The van der Waals surface area contributed by atoms with E-state index in [0.29, 0.717) is 24.3 Å². The van der Waals surface area contributed by atoms with Crippen LogP contribution in [0.15, 0.2) is 67.0 Å². The van der Waals surface area contributed by atoms with Crippen molar-refractivity contribution in [2.45, 2.75) is 13.0 Å². The van der Waals surface area contributed by atoms with Gasteiger partial charge in [-0.1, -0.05) is 42.5 Å². The Kier molecular flexibility index (Phi) is 5.03. The normalized spacial score (nSPS) is 16.1. The Morgan fingerprint density at radius 2 is 1.85 bits per heavy atom. The molecule has 1 amide bonds. The molecule has 1 saturated heterocycles. The van der Waals surface area contributed by atoms with E-state index in [4.69, 9.17) is 4.74 Å². The Morgan fingerprint density at radius 3 is 2.70 bits per heavy atom. The van der Waals surface area contributed by atoms with Gasteiger partial charge in [0.15, 0.2) is 5.65 Å². The van der Waals surface area contributed by atoms with Crippen molar-refractivity contribution in [3.63, 3.8) is 0 Å². The minimum Gasteiger partial charge on any atom is -0.493 e. The van der Waals surface area contributed by atoms with Crippen LogP contribution in [0.5, 0.6) is 5.75 Å². The van der Waals surface area contributed by atoms with Crippen molar-refractivity contribution in [3.05, 3.63) is 83.7 Å². The summed E-state index contributed by atoms with van der Waals surface area (Å²) in [6.07, 6.45) is 4.39. The second-order valence-electron chi connectivity index (χ2n) is 8.60. The number of amides is 1. The molecule has 6 rings (SSSR count). The summed E-state index contributed by atoms with van der Waals surface area (Å²) < 4.78 is 7.37. The summed E-state index contributed by atoms with van der Waals surface area (Å²) in [6, 6.07) is 18.5. The molecule has 0 N–H and O–H groups in total. The van der Waals surface area contributed by atoms with Gasteiger partial charge in [0.25, 0.3) is 5.91 Å². The van der Waals surface area contributed by atoms with Crippen LogP contribution in [0.4, 0.5) is 0 Å². The van der Waals surface area contributed by atoms with Crippen molar-refractivity contribution < 1.29 is 9.53 Å². The number of hydrogen-bond acceptors (Lipinski definition) is 5. The molecule has 0 aliphatic carbocycles. The molecule has 2 aliphatic heterocycles. The standard InChI is InChI=1S/C26H25N5O2/c32-26(22-17-28-31-23(8-10-27-25(22)31)20-4-2-1-3-5-20)30-13-11-29(12-14-30)18-19-6-7-24-21(16-19)9-15-33-24/h1-8,10,16-17H,9,11-15,18H2. The van der Waals surface area contributed by atoms with Crippen molar-refractivity contribution in [3.8, 4) is 17.0 Å². The fraction of sp³-hybridized carbons (Fsp3) is 0.269. The van der Waals surface area contributed by atoms with E-state index in [-0.39, 0.29) is 5.91 Å². The van der Waals surface area contributed by atoms with Crippen molar-refractivity contribution in [1.82, 2.24) is 24.4 Å². The van der Waals surface area contributed by atoms with E-state index in [0.717, 1.165) is 49.7 Å². The molecule has 0 unspecified atom stereocenters. The van der Waals surface area contributed by atoms with Gasteiger partial charge in [-0.15, -0.1) is 0 Å². The minimum atomic E-state index is -0.00274. The molecular weight excluding hydrogens is 414 g/mol. The Hall–Kier alpha value is -3.71. The summed E-state index contributed by atoms with van der Waals surface area (Å²) >= 11 is 0. The summed E-state index contributed by atoms with van der Waals surface area (Å²) in [7, 11) is 0. The third-order valence-electron chi connectivity index (χ3n) is 6.52. The van der Waals surface area contributed by atoms with Gasteiger partial charge in [-0.25, -0.2) is 9.50 Å². The maximum absolute atomic E-state index is 13.3. The number of aromatic nitrogens is 3. The van der Waals surface area contributed by atoms with Crippen LogP contribution in [0.1, 0.15) is 21.5 Å². The molecule has 4 heterocycles. The van der Waals surface area contributed by atoms with Crippen molar-refractivity contribution in [2.24, 2.45) is 0 Å². The molecular formula is C26H25N5O2. The zero-order valence-corrected chi connectivity index (χ0v) is 18.4. The van der Waals surface area contributed by atoms with Gasteiger partial charge in [0.1, 0.15) is 11.3 Å². The number of nitrogens with zero attached hydrogens (tertiary/aromatic N) is 5. The van der Waals surface area contributed by atoms with E-state index in [1.807, 2.05) is 41.3 Å². The molecule has 2 aliphatic rings. The van der Waals surface area contributed by atoms with Crippen LogP contribution >= 0.6 is 0 Å². The summed E-state index contributed by atoms with van der Waals surface area (Å²) in [5, 5.41) is 4.50. The summed E-state index contributed by atoms with van der Waals surface area (Å²) in [6.45, 7) is 4.77. The molecule has 166 valence electrons. The van der Waals surface area contributed by atoms with E-state index >= 15 is 0 Å². The van der Waals surface area contributed by atoms with Crippen LogP contribution in [-0.2, 0) is 13.0 Å². The van der Waals surface area contributed by atoms with Crippen LogP contribution in [-0.4, -0.2) is 63.1 Å². The first kappa shape index (κ1) is 19.9. The summed E-state index contributed by atoms with van der Waals surface area (Å²) in [4.78, 5) is 22.1. The van der Waals surface area contributed by atoms with Gasteiger partial charge in [0.2, 0.25) is 0 Å². The summed E-state index contributed by atoms with van der Waals surface area (Å²) in [5.41, 5.74) is 5.73. The number of benzene rings is 2. The number of carbonyl (C=O) groups is 1. The van der Waals surface area contributed by atoms with Crippen molar-refractivity contribution >= 4 is 11.6 Å². The van der Waals surface area contributed by atoms with E-state index < -0.39 is 0 Å². The average Bonchev–Trinajstić information content (AvgIpc) is 3.51. The highest BCUT2D eigenvalue weighted by Crippen LogP contribution is 2.27. The highest BCUT2D eigenvalue weighted by molar-refractivity contribution is 6.00. The number of piperazine rings is 1. The lowest BCUT2D eigenvalue weighted by Gasteiger charge is -2.34. The maximum atomic E-state index is 13.3. The SMILES string of the molecule is O=C(c1cnn2c(-c3ccccc3)ccnc12)N1CCN(Cc2ccc3c(c2)CCO3)CC1. The molecule has 7 nitrogen and oxygen atoms in total. The second-order valence-corrected chi connectivity index (χ2v) is 8.60. The Morgan fingerprint density at radius 1 is 1.00 bits per heavy atom. The Labute approximate surface area is 192 Å². The molecule has 4 aromatic rings. The number of rotatable bonds is 4. The smallest absolute Gasteiger partial charge is 0.259 e. The lowest BCUT2D eigenvalue weighted by atomic mass is 10.1. The highest BCUT2D eigenvalue weighted by Gasteiger charge is 2.26. The molecule has 2 aromatic heterocycles. The molecule has 0 spiro atoms. The van der Waals surface area contributed by atoms with Gasteiger partial charge in [-0.2, -0.15) is 5.10 Å². The first-order valence-electron chi connectivity index (χ1n) is 11.4. The molecule has 2 aromatic carbocycles. The first-order valence-corrected chi connectivity index (χ1v) is 11.4. The average molecular weight is 440 g/mol. The zero-order chi connectivity index (χ0) is 22.2. The van der Waals surface area contributed by atoms with Crippen molar-refractivity contribution in [1.29, 1.82) is 0 Å². The number of hydrogen-bond donors (Lipinski definition) is 0. The van der Waals surface area contributed by atoms with Gasteiger partial charge >= 0.3 is 0 Å². The largest absolute Gasteiger partial charge is 0.493 e. The third-order valence-corrected chi connectivity index (χ3v) is 6.52. The highest BCUT2D eigenvalue weighted by atomic mass is 16.5. The molecule has 7 heteroatoms. The van der Waals surface area contributed by atoms with Crippen LogP contribution < -0.4 is 4.74 Å². The number of fused-ring (bicyclic) bond motifs is 2. The summed E-state index contributed by atoms with van der Waals surface area (Å²) in [5.74, 6) is 1.02. The number of ether oxygens (including phenoxy) is 1. The molecule has 1 fully saturated rings. The molecule has 0 saturated carbocycles. The van der Waals surface area contributed by atoms with E-state index in [9.17, 15) is 4.79 Å². The lowest BCUT2D eigenvalue weighted by molar-refractivity contribution is 0.0630. The van der Waals surface area contributed by atoms with Crippen molar-refractivity contribution in [2.75, 3.05) is 32.8 Å². The van der Waals surface area contributed by atoms with Crippen LogP contribution in [0, 0.1) is 0 Å². The lowest BCUT2D eigenvalue weighted by Crippen LogP contribution is -2.48. The van der Waals surface area contributed by atoms with Crippen LogP contribution in [0.3, 0.4) is 0 Å². The van der Waals surface area contributed by atoms with E-state index in [2.05, 4.69) is 33.2 Å². The predicted octanol–water partition coefficient (Wildman–Crippen LogP) is 3.29. The Bertz CT molecular complexity index is 1310. The topological polar surface area (TPSA) is 63.0 Å². The maximum Gasteiger partial charge on any atom is 0.259 e. The third kappa shape index (κ3) is 3.74. The van der Waals surface area contributed by atoms with Gasteiger partial charge in [0.05, 0.1) is 18.5 Å². The van der Waals surface area contributed by atoms with Gasteiger partial charge in [-0.3, -0.25) is 9.69 Å². The molecule has 0 bridgehead atoms. The minimum absolute atomic E-state index is 0.00274. The Balaban J connectivity index is 1.15. The van der Waals surface area contributed by atoms with Crippen LogP contribution in [0.25, 0.3) is 16.9 Å². The fourth-order valence-electron chi connectivity index (χ4n) is 4.75. The fourth-order valence-corrected chi connectivity index (χ4v) is 4.75. The molecule has 33 heavy (non-hydrogen) atoms. The quantitative estimate of drug-likeness (QED) is 0.488. The second kappa shape index (κ2) is 8.33. The van der Waals surface area contributed by atoms with E-state index in [1.54, 1.807) is 16.9 Å². The number of carbonyl (C=O) groups excluding carboxylic acids is 1. The monoisotopic (exact) mass is 439 g/mol. The molecule has 0 radical (unpaired) electrons. The van der Waals surface area contributed by atoms with E-state index in [1.165, 1.54) is 11.1 Å². The zero-order valence-electron chi connectivity index (χ0n) is 18.4. The van der Waals surface area contributed by atoms with Gasteiger partial charge in [0, 0.05) is 50.9 Å². The van der Waals surface area contributed by atoms with Gasteiger partial charge in [-0.05, 0) is 23.3 Å². The molecule has 0 atom stereocenters. The predicted molar refractivity (Wildman–Crippen MR) is 125 cm³/mol. The van der Waals surface area contributed by atoms with Crippen LogP contribution in [0.2, 0.25) is 0 Å². The van der Waals surface area contributed by atoms with Gasteiger partial charge < -0.3 is 9.64 Å². The first-order chi connectivity index (χ1) is 16.3.